The van der Waals surface area contributed by atoms with Crippen molar-refractivity contribution >= 4 is 50.3 Å². The van der Waals surface area contributed by atoms with Gasteiger partial charge in [-0.05, 0) is 48.9 Å². The van der Waals surface area contributed by atoms with Gasteiger partial charge < -0.3 is 15.7 Å². The Kier molecular flexibility index (Phi) is 7.76. The average Bonchev–Trinajstić information content (AvgIpc) is 3.04. The number of benzene rings is 1. The number of carbonyl (C=O) groups is 1. The highest BCUT2D eigenvalue weighted by Gasteiger charge is 2.27. The minimum atomic E-state index is -3.67. The number of halogens is 1. The molecule has 1 unspecified atom stereocenters. The number of carbonyl (C=O) groups excluding carboxylic acids is 1. The molecule has 8 nitrogen and oxygen atoms in total. The van der Waals surface area contributed by atoms with Crippen LogP contribution < -0.4 is 15.8 Å². The molecule has 0 saturated carbocycles. The first-order chi connectivity index (χ1) is 14.2. The lowest BCUT2D eigenvalue weighted by Gasteiger charge is -2.21. The van der Waals surface area contributed by atoms with Gasteiger partial charge in [0.2, 0.25) is 0 Å². The quantitative estimate of drug-likeness (QED) is 0.442. The molecule has 31 heavy (non-hydrogen) atoms. The van der Waals surface area contributed by atoms with Gasteiger partial charge >= 0.3 is 6.03 Å². The number of amides is 2. The summed E-state index contributed by atoms with van der Waals surface area (Å²) in [6, 6.07) is 3.08. The highest BCUT2D eigenvalue weighted by atomic mass is 35.5. The van der Waals surface area contributed by atoms with Gasteiger partial charge in [0.15, 0.2) is 19.3 Å². The summed E-state index contributed by atoms with van der Waals surface area (Å²) in [5.41, 5.74) is 2.10. The maximum Gasteiger partial charge on any atom is 0.354 e. The molecule has 0 spiro atoms. The third kappa shape index (κ3) is 5.95. The lowest BCUT2D eigenvalue weighted by atomic mass is 9.91. The second-order valence-corrected chi connectivity index (χ2v) is 11.7. The van der Waals surface area contributed by atoms with Crippen molar-refractivity contribution in [3.63, 3.8) is 0 Å². The smallest absolute Gasteiger partial charge is 0.354 e. The Balaban J connectivity index is 2.51. The SMILES string of the molecule is CNc1cc(C(C)C)c(NC(=O)N=S(N)(=O)c2sc(C(C)(C)O)nc2Cl)c(C(C)C)c1. The molecule has 0 saturated heterocycles. The molecule has 5 N–H and O–H groups in total. The summed E-state index contributed by atoms with van der Waals surface area (Å²) < 4.78 is 16.7. The Hall–Kier alpha value is -1.72. The minimum absolute atomic E-state index is 0.0554. The first kappa shape index (κ1) is 25.5. The van der Waals surface area contributed by atoms with Gasteiger partial charge in [0, 0.05) is 18.4 Å². The Labute approximate surface area is 192 Å². The lowest BCUT2D eigenvalue weighted by molar-refractivity contribution is 0.0783. The van der Waals surface area contributed by atoms with Crippen LogP contribution in [-0.4, -0.2) is 27.4 Å². The van der Waals surface area contributed by atoms with E-state index in [2.05, 4.69) is 20.0 Å². The fourth-order valence-corrected chi connectivity index (χ4v) is 5.67. The largest absolute Gasteiger partial charge is 0.388 e. The van der Waals surface area contributed by atoms with Crippen LogP contribution in [0.15, 0.2) is 20.7 Å². The van der Waals surface area contributed by atoms with Crippen LogP contribution in [-0.2, 0) is 15.5 Å². The zero-order valence-corrected chi connectivity index (χ0v) is 21.1. The Morgan fingerprint density at radius 2 is 1.77 bits per heavy atom. The summed E-state index contributed by atoms with van der Waals surface area (Å²) in [5.74, 6) is 0.238. The van der Waals surface area contributed by atoms with Gasteiger partial charge in [-0.15, -0.1) is 15.7 Å². The number of urea groups is 1. The molecular weight excluding hydrogens is 458 g/mol. The number of aromatic nitrogens is 1. The van der Waals surface area contributed by atoms with Crippen LogP contribution in [0.2, 0.25) is 5.15 Å². The standard InChI is InChI=1S/C20H30ClN5O3S2/c1-10(2)13-8-12(23-7)9-14(11(3)4)15(13)24-19(27)26-31(22,29)17-16(21)25-18(30-17)20(5,6)28/h8-11,23,28H,1-7H3,(H3,22,24,26,27,29). The van der Waals surface area contributed by atoms with E-state index in [9.17, 15) is 14.1 Å². The van der Waals surface area contributed by atoms with E-state index in [1.807, 2.05) is 46.9 Å². The van der Waals surface area contributed by atoms with Crippen molar-refractivity contribution < 1.29 is 14.1 Å². The van der Waals surface area contributed by atoms with Crippen LogP contribution in [0.25, 0.3) is 0 Å². The molecule has 0 fully saturated rings. The molecule has 172 valence electrons. The molecule has 0 bridgehead atoms. The molecule has 0 aliphatic rings. The normalized spacial score (nSPS) is 13.9. The molecule has 11 heteroatoms. The molecule has 0 aliphatic heterocycles. The number of nitrogens with one attached hydrogen (secondary N) is 2. The highest BCUT2D eigenvalue weighted by molar-refractivity contribution is 7.93. The summed E-state index contributed by atoms with van der Waals surface area (Å²) in [7, 11) is -1.83. The summed E-state index contributed by atoms with van der Waals surface area (Å²) >= 11 is 6.94. The number of thiazole rings is 1. The average molecular weight is 488 g/mol. The molecule has 2 aromatic rings. The van der Waals surface area contributed by atoms with Crippen LogP contribution in [0, 0.1) is 0 Å². The van der Waals surface area contributed by atoms with Gasteiger partial charge in [-0.25, -0.2) is 19.1 Å². The van der Waals surface area contributed by atoms with E-state index in [0.29, 0.717) is 5.69 Å². The monoisotopic (exact) mass is 487 g/mol. The van der Waals surface area contributed by atoms with Crippen LogP contribution in [0.5, 0.6) is 0 Å². The van der Waals surface area contributed by atoms with Crippen LogP contribution in [0.1, 0.15) is 69.5 Å². The van der Waals surface area contributed by atoms with E-state index in [0.717, 1.165) is 28.2 Å². The second kappa shape index (κ2) is 9.41. The second-order valence-electron chi connectivity index (χ2n) is 8.34. The summed E-state index contributed by atoms with van der Waals surface area (Å²) in [5, 5.41) is 22.0. The van der Waals surface area contributed by atoms with Gasteiger partial charge in [0.1, 0.15) is 10.6 Å². The number of hydrogen-bond donors (Lipinski definition) is 4. The van der Waals surface area contributed by atoms with Gasteiger partial charge in [-0.1, -0.05) is 39.3 Å². The van der Waals surface area contributed by atoms with E-state index in [1.54, 1.807) is 0 Å². The maximum atomic E-state index is 13.0. The molecular formula is C20H30ClN5O3S2. The van der Waals surface area contributed by atoms with E-state index in [4.69, 9.17) is 16.7 Å². The molecule has 1 aromatic carbocycles. The Morgan fingerprint density at radius 1 is 1.26 bits per heavy atom. The number of anilines is 2. The van der Waals surface area contributed by atoms with E-state index >= 15 is 0 Å². The predicted octanol–water partition coefficient (Wildman–Crippen LogP) is 5.25. The maximum absolute atomic E-state index is 13.0. The molecule has 2 amide bonds. The zero-order valence-electron chi connectivity index (χ0n) is 18.7. The van der Waals surface area contributed by atoms with E-state index < -0.39 is 21.5 Å². The van der Waals surface area contributed by atoms with E-state index in [-0.39, 0.29) is 26.2 Å². The lowest BCUT2D eigenvalue weighted by Crippen LogP contribution is -2.19. The van der Waals surface area contributed by atoms with E-state index in [1.165, 1.54) is 13.8 Å². The fraction of sp³-hybridized carbons (Fsp3) is 0.500. The van der Waals surface area contributed by atoms with Gasteiger partial charge in [0.25, 0.3) is 0 Å². The third-order valence-corrected chi connectivity index (χ3v) is 8.32. The topological polar surface area (TPSA) is 130 Å². The van der Waals surface area contributed by atoms with Crippen molar-refractivity contribution in [1.29, 1.82) is 0 Å². The third-order valence-electron chi connectivity index (χ3n) is 4.53. The first-order valence-corrected chi connectivity index (χ1v) is 12.5. The van der Waals surface area contributed by atoms with Crippen molar-refractivity contribution in [2.24, 2.45) is 9.50 Å². The molecule has 1 heterocycles. The molecule has 0 radical (unpaired) electrons. The molecule has 0 aliphatic carbocycles. The first-order valence-electron chi connectivity index (χ1n) is 9.78. The van der Waals surface area contributed by atoms with Gasteiger partial charge in [-0.3, -0.25) is 0 Å². The van der Waals surface area contributed by atoms with Crippen molar-refractivity contribution in [3.8, 4) is 0 Å². The van der Waals surface area contributed by atoms with Crippen molar-refractivity contribution in [2.45, 2.75) is 63.2 Å². The number of rotatable bonds is 6. The predicted molar refractivity (Wildman–Crippen MR) is 129 cm³/mol. The summed E-state index contributed by atoms with van der Waals surface area (Å²) in [6.45, 7) is 11.1. The minimum Gasteiger partial charge on any atom is -0.388 e. The van der Waals surface area contributed by atoms with Crippen molar-refractivity contribution in [3.05, 3.63) is 33.4 Å². The van der Waals surface area contributed by atoms with Crippen LogP contribution >= 0.6 is 22.9 Å². The summed E-state index contributed by atoms with van der Waals surface area (Å²) in [6.07, 6.45) is 0. The zero-order chi connectivity index (χ0) is 23.7. The molecule has 1 aromatic heterocycles. The Bertz CT molecular complexity index is 1070. The highest BCUT2D eigenvalue weighted by Crippen LogP contribution is 2.36. The Morgan fingerprint density at radius 3 is 2.16 bits per heavy atom. The number of nitrogens with zero attached hydrogens (tertiary/aromatic N) is 2. The molecule has 1 atom stereocenters. The summed E-state index contributed by atoms with van der Waals surface area (Å²) in [4.78, 5) is 16.8. The number of hydrogen-bond acceptors (Lipinski definition) is 6. The van der Waals surface area contributed by atoms with Crippen molar-refractivity contribution in [1.82, 2.24) is 4.98 Å². The fourth-order valence-electron chi connectivity index (χ4n) is 2.91. The molecule has 2 rings (SSSR count). The number of aliphatic hydroxyl groups is 1. The number of nitrogens with two attached hydrogens (primary N) is 1. The van der Waals surface area contributed by atoms with Crippen molar-refractivity contribution in [2.75, 3.05) is 17.7 Å². The van der Waals surface area contributed by atoms with Crippen LogP contribution in [0.4, 0.5) is 16.2 Å². The van der Waals surface area contributed by atoms with Gasteiger partial charge in [-0.2, -0.15) is 0 Å². The van der Waals surface area contributed by atoms with Gasteiger partial charge in [0.05, 0.1) is 0 Å². The van der Waals surface area contributed by atoms with Crippen LogP contribution in [0.3, 0.4) is 0 Å².